The van der Waals surface area contributed by atoms with Crippen LogP contribution in [-0.2, 0) is 0 Å². The van der Waals surface area contributed by atoms with Crippen molar-refractivity contribution in [2.24, 2.45) is 10.7 Å². The van der Waals surface area contributed by atoms with E-state index in [0.717, 1.165) is 39.0 Å². The fourth-order valence-electron chi connectivity index (χ4n) is 2.36. The third kappa shape index (κ3) is 16.3. The van der Waals surface area contributed by atoms with Crippen LogP contribution >= 0.6 is 24.0 Å². The SMILES string of the molecule is CCCCCCCCN=C(N)NCCCCN(CC)CC.I. The van der Waals surface area contributed by atoms with Gasteiger partial charge in [0.25, 0.3) is 0 Å². The molecule has 4 nitrogen and oxygen atoms in total. The summed E-state index contributed by atoms with van der Waals surface area (Å²) in [6.07, 6.45) is 10.2. The third-order valence-corrected chi connectivity index (χ3v) is 3.90. The molecule has 0 aliphatic heterocycles. The summed E-state index contributed by atoms with van der Waals surface area (Å²) >= 11 is 0. The lowest BCUT2D eigenvalue weighted by Gasteiger charge is -2.17. The number of aliphatic imine (C=N–C) groups is 1. The van der Waals surface area contributed by atoms with Gasteiger partial charge in [0.1, 0.15) is 0 Å². The Kier molecular flexibility index (Phi) is 20.9. The Bertz CT molecular complexity index is 243. The highest BCUT2D eigenvalue weighted by atomic mass is 127. The van der Waals surface area contributed by atoms with Gasteiger partial charge in [0.2, 0.25) is 0 Å². The summed E-state index contributed by atoms with van der Waals surface area (Å²) < 4.78 is 0. The largest absolute Gasteiger partial charge is 0.370 e. The van der Waals surface area contributed by atoms with Gasteiger partial charge < -0.3 is 16.0 Å². The zero-order valence-electron chi connectivity index (χ0n) is 15.1. The number of nitrogens with two attached hydrogens (primary N) is 1. The van der Waals surface area contributed by atoms with Crippen LogP contribution in [0, 0.1) is 0 Å². The second-order valence-corrected chi connectivity index (χ2v) is 5.70. The summed E-state index contributed by atoms with van der Waals surface area (Å²) in [6, 6.07) is 0. The summed E-state index contributed by atoms with van der Waals surface area (Å²) in [7, 11) is 0. The topological polar surface area (TPSA) is 53.6 Å². The predicted octanol–water partition coefficient (Wildman–Crippen LogP) is 3.99. The molecule has 0 aromatic rings. The first-order valence-electron chi connectivity index (χ1n) is 9.00. The number of nitrogens with zero attached hydrogens (tertiary/aromatic N) is 2. The van der Waals surface area contributed by atoms with E-state index in [1.54, 1.807) is 0 Å². The quantitative estimate of drug-likeness (QED) is 0.191. The zero-order chi connectivity index (χ0) is 15.8. The van der Waals surface area contributed by atoms with Crippen LogP contribution in [0.1, 0.15) is 72.1 Å². The molecule has 0 rings (SSSR count). The Hall–Kier alpha value is -0.0400. The number of nitrogens with one attached hydrogen (secondary N) is 1. The van der Waals surface area contributed by atoms with E-state index in [1.165, 1.54) is 45.1 Å². The molecule has 0 amide bonds. The van der Waals surface area contributed by atoms with Crippen LogP contribution in [0.2, 0.25) is 0 Å². The van der Waals surface area contributed by atoms with Gasteiger partial charge in [0.05, 0.1) is 0 Å². The molecule has 0 aliphatic carbocycles. The Balaban J connectivity index is 0. The highest BCUT2D eigenvalue weighted by Gasteiger charge is 1.98. The minimum absolute atomic E-state index is 0. The summed E-state index contributed by atoms with van der Waals surface area (Å²) in [5, 5.41) is 3.21. The molecule has 0 heterocycles. The van der Waals surface area contributed by atoms with Crippen LogP contribution in [-0.4, -0.2) is 43.6 Å². The first-order valence-corrected chi connectivity index (χ1v) is 9.00. The lowest BCUT2D eigenvalue weighted by atomic mass is 10.1. The highest BCUT2D eigenvalue weighted by Crippen LogP contribution is 2.04. The molecule has 22 heavy (non-hydrogen) atoms. The van der Waals surface area contributed by atoms with Crippen LogP contribution in [0.5, 0.6) is 0 Å². The van der Waals surface area contributed by atoms with Gasteiger partial charge in [0, 0.05) is 13.1 Å². The van der Waals surface area contributed by atoms with E-state index >= 15 is 0 Å². The Labute approximate surface area is 155 Å². The maximum atomic E-state index is 5.86. The Morgan fingerprint density at radius 3 is 2.18 bits per heavy atom. The molecule has 0 aliphatic rings. The molecule has 0 bridgehead atoms. The summed E-state index contributed by atoms with van der Waals surface area (Å²) in [5.74, 6) is 0.617. The van der Waals surface area contributed by atoms with Crippen molar-refractivity contribution in [1.82, 2.24) is 10.2 Å². The average Bonchev–Trinajstić information content (AvgIpc) is 2.50. The van der Waals surface area contributed by atoms with Crippen LogP contribution in [0.4, 0.5) is 0 Å². The van der Waals surface area contributed by atoms with Crippen LogP contribution in [0.25, 0.3) is 0 Å². The van der Waals surface area contributed by atoms with Crippen molar-refractivity contribution in [3.63, 3.8) is 0 Å². The fraction of sp³-hybridized carbons (Fsp3) is 0.941. The number of guanidine groups is 1. The van der Waals surface area contributed by atoms with E-state index < -0.39 is 0 Å². The molecular weight excluding hydrogens is 387 g/mol. The molecule has 0 aromatic heterocycles. The third-order valence-electron chi connectivity index (χ3n) is 3.90. The smallest absolute Gasteiger partial charge is 0.188 e. The molecule has 0 saturated carbocycles. The van der Waals surface area contributed by atoms with Crippen molar-refractivity contribution in [2.75, 3.05) is 32.7 Å². The minimum Gasteiger partial charge on any atom is -0.370 e. The van der Waals surface area contributed by atoms with Crippen molar-refractivity contribution >= 4 is 29.9 Å². The fourth-order valence-corrected chi connectivity index (χ4v) is 2.36. The van der Waals surface area contributed by atoms with Crippen LogP contribution in [0.15, 0.2) is 4.99 Å². The molecule has 0 unspecified atom stereocenters. The highest BCUT2D eigenvalue weighted by molar-refractivity contribution is 14.0. The number of rotatable bonds is 14. The number of halogens is 1. The number of unbranched alkanes of at least 4 members (excludes halogenated alkanes) is 6. The van der Waals surface area contributed by atoms with E-state index in [4.69, 9.17) is 5.73 Å². The van der Waals surface area contributed by atoms with Crippen molar-refractivity contribution in [3.8, 4) is 0 Å². The maximum Gasteiger partial charge on any atom is 0.188 e. The van der Waals surface area contributed by atoms with E-state index in [0.29, 0.717) is 5.96 Å². The maximum absolute atomic E-state index is 5.86. The van der Waals surface area contributed by atoms with Crippen molar-refractivity contribution in [3.05, 3.63) is 0 Å². The molecule has 0 atom stereocenters. The Morgan fingerprint density at radius 2 is 1.55 bits per heavy atom. The van der Waals surface area contributed by atoms with Crippen molar-refractivity contribution < 1.29 is 0 Å². The second-order valence-electron chi connectivity index (χ2n) is 5.70. The molecule has 5 heteroatoms. The summed E-state index contributed by atoms with van der Waals surface area (Å²) in [4.78, 5) is 6.83. The van der Waals surface area contributed by atoms with Crippen molar-refractivity contribution in [2.45, 2.75) is 72.1 Å². The normalized spacial score (nSPS) is 11.5. The Morgan fingerprint density at radius 1 is 0.909 bits per heavy atom. The van der Waals surface area contributed by atoms with Gasteiger partial charge in [-0.15, -0.1) is 24.0 Å². The molecule has 0 spiro atoms. The molecule has 0 aromatic carbocycles. The molecule has 0 radical (unpaired) electrons. The molecule has 3 N–H and O–H groups in total. The summed E-state index contributed by atoms with van der Waals surface area (Å²) in [5.41, 5.74) is 5.86. The summed E-state index contributed by atoms with van der Waals surface area (Å²) in [6.45, 7) is 12.0. The first-order chi connectivity index (χ1) is 10.2. The van der Waals surface area contributed by atoms with Crippen LogP contribution in [0.3, 0.4) is 0 Å². The lowest BCUT2D eigenvalue weighted by Crippen LogP contribution is -2.33. The van der Waals surface area contributed by atoms with Crippen LogP contribution < -0.4 is 11.1 Å². The average molecular weight is 426 g/mol. The van der Waals surface area contributed by atoms with Gasteiger partial charge >= 0.3 is 0 Å². The van der Waals surface area contributed by atoms with Gasteiger partial charge in [-0.05, 0) is 38.9 Å². The van der Waals surface area contributed by atoms with Gasteiger partial charge in [-0.3, -0.25) is 4.99 Å². The molecule has 0 fully saturated rings. The van der Waals surface area contributed by atoms with Gasteiger partial charge in [-0.1, -0.05) is 52.9 Å². The number of hydrogen-bond donors (Lipinski definition) is 2. The lowest BCUT2D eigenvalue weighted by molar-refractivity contribution is 0.297. The van der Waals surface area contributed by atoms with Gasteiger partial charge in [0.15, 0.2) is 5.96 Å². The van der Waals surface area contributed by atoms with E-state index in [2.05, 4.69) is 36.0 Å². The molecular formula is C17H39IN4. The monoisotopic (exact) mass is 426 g/mol. The molecule has 134 valence electrons. The zero-order valence-corrected chi connectivity index (χ0v) is 17.4. The second kappa shape index (κ2) is 19.0. The van der Waals surface area contributed by atoms with E-state index in [-0.39, 0.29) is 24.0 Å². The predicted molar refractivity (Wildman–Crippen MR) is 110 cm³/mol. The van der Waals surface area contributed by atoms with E-state index in [9.17, 15) is 0 Å². The van der Waals surface area contributed by atoms with Gasteiger partial charge in [-0.2, -0.15) is 0 Å². The van der Waals surface area contributed by atoms with E-state index in [1.807, 2.05) is 0 Å². The minimum atomic E-state index is 0. The number of hydrogen-bond acceptors (Lipinski definition) is 2. The standard InChI is InChI=1S/C17H38N4.HI/c1-4-7-8-9-10-11-14-19-17(18)20-15-12-13-16-21(5-2)6-3;/h4-16H2,1-3H3,(H3,18,19,20);1H. The molecule has 0 saturated heterocycles. The van der Waals surface area contributed by atoms with Gasteiger partial charge in [-0.25, -0.2) is 0 Å². The van der Waals surface area contributed by atoms with Crippen molar-refractivity contribution in [1.29, 1.82) is 0 Å². The first kappa shape index (κ1) is 24.2.